The summed E-state index contributed by atoms with van der Waals surface area (Å²) in [6.45, 7) is 2.15. The Morgan fingerprint density at radius 3 is 2.67 bits per heavy atom. The Morgan fingerprint density at radius 1 is 1.61 bits per heavy atom. The van der Waals surface area contributed by atoms with E-state index >= 15 is 0 Å². The minimum atomic E-state index is -3.83. The zero-order valence-corrected chi connectivity index (χ0v) is 11.9. The molecule has 8 heteroatoms. The Kier molecular flexibility index (Phi) is 4.78. The van der Waals surface area contributed by atoms with Gasteiger partial charge in [-0.15, -0.1) is 0 Å². The van der Waals surface area contributed by atoms with E-state index in [1.165, 1.54) is 23.9 Å². The molecule has 0 saturated carbocycles. The third kappa shape index (κ3) is 3.72. The number of carbonyl (C=O) groups is 1. The number of carbonyl (C=O) groups excluding carboxylic acids is 1. The maximum Gasteiger partial charge on any atom is 0.268 e. The van der Waals surface area contributed by atoms with Crippen LogP contribution in [0.15, 0.2) is 17.2 Å². The fourth-order valence-corrected chi connectivity index (χ4v) is 2.27. The molecule has 102 valence electrons. The van der Waals surface area contributed by atoms with Gasteiger partial charge in [0.25, 0.3) is 15.0 Å². The number of methoxy groups -OCH3 is 1. The number of nitrogens with zero attached hydrogens (tertiary/aromatic N) is 1. The van der Waals surface area contributed by atoms with Crippen molar-refractivity contribution in [1.29, 1.82) is 0 Å². The molecule has 1 aromatic rings. The lowest BCUT2D eigenvalue weighted by molar-refractivity contribution is 0.0897. The molecule has 18 heavy (non-hydrogen) atoms. The third-order valence-electron chi connectivity index (χ3n) is 2.29. The second-order valence-corrected chi connectivity index (χ2v) is 6.51. The van der Waals surface area contributed by atoms with Crippen molar-refractivity contribution >= 4 is 25.6 Å². The van der Waals surface area contributed by atoms with Crippen LogP contribution in [0.3, 0.4) is 0 Å². The molecule has 0 aliphatic rings. The van der Waals surface area contributed by atoms with E-state index in [1.807, 2.05) is 0 Å². The smallest absolute Gasteiger partial charge is 0.268 e. The van der Waals surface area contributed by atoms with Gasteiger partial charge in [0.05, 0.1) is 6.61 Å². The van der Waals surface area contributed by atoms with Crippen molar-refractivity contribution in [2.45, 2.75) is 17.9 Å². The number of ether oxygens (including phenoxy) is 1. The van der Waals surface area contributed by atoms with Crippen molar-refractivity contribution in [1.82, 2.24) is 9.88 Å². The fraction of sp³-hybridized carbons (Fsp3) is 0.500. The van der Waals surface area contributed by atoms with E-state index in [1.54, 1.807) is 14.0 Å². The summed E-state index contributed by atoms with van der Waals surface area (Å²) in [6.07, 6.45) is 1.29. The van der Waals surface area contributed by atoms with E-state index in [0.717, 1.165) is 0 Å². The van der Waals surface area contributed by atoms with Gasteiger partial charge in [0.15, 0.2) is 0 Å². The summed E-state index contributed by atoms with van der Waals surface area (Å²) >= 11 is 0. The molecule has 0 saturated heterocycles. The maximum absolute atomic E-state index is 11.9. The molecular formula is C10H15ClN2O4S. The Hall–Kier alpha value is -1.05. The summed E-state index contributed by atoms with van der Waals surface area (Å²) in [7, 11) is 4.48. The molecule has 0 aromatic carbocycles. The average Bonchev–Trinajstić information content (AvgIpc) is 2.60. The number of hydrogen-bond donors (Lipinski definition) is 1. The normalized spacial score (nSPS) is 13.3. The van der Waals surface area contributed by atoms with Crippen LogP contribution < -0.4 is 5.32 Å². The summed E-state index contributed by atoms with van der Waals surface area (Å²) in [5.41, 5.74) is 0.220. The molecule has 1 heterocycles. The van der Waals surface area contributed by atoms with Gasteiger partial charge in [-0.05, 0) is 13.0 Å². The molecule has 0 aliphatic heterocycles. The number of nitrogens with one attached hydrogen (secondary N) is 1. The summed E-state index contributed by atoms with van der Waals surface area (Å²) in [4.78, 5) is 11.8. The van der Waals surface area contributed by atoms with E-state index in [4.69, 9.17) is 15.4 Å². The van der Waals surface area contributed by atoms with Crippen LogP contribution in [0.5, 0.6) is 0 Å². The van der Waals surface area contributed by atoms with Gasteiger partial charge in [-0.3, -0.25) is 4.79 Å². The summed E-state index contributed by atoms with van der Waals surface area (Å²) in [5, 5.41) is 2.68. The fourth-order valence-electron chi connectivity index (χ4n) is 1.48. The lowest BCUT2D eigenvalue weighted by Crippen LogP contribution is -2.36. The van der Waals surface area contributed by atoms with Gasteiger partial charge in [-0.2, -0.15) is 0 Å². The van der Waals surface area contributed by atoms with Gasteiger partial charge in [0.2, 0.25) is 0 Å². The van der Waals surface area contributed by atoms with Crippen LogP contribution in [0.4, 0.5) is 0 Å². The van der Waals surface area contributed by atoms with Crippen LogP contribution in [0, 0.1) is 0 Å². The highest BCUT2D eigenvalue weighted by Gasteiger charge is 2.19. The monoisotopic (exact) mass is 294 g/mol. The predicted molar refractivity (Wildman–Crippen MR) is 67.3 cm³/mol. The number of rotatable bonds is 5. The number of aromatic nitrogens is 1. The van der Waals surface area contributed by atoms with Crippen LogP contribution in [0.25, 0.3) is 0 Å². The Bertz CT molecular complexity index is 538. The Morgan fingerprint density at radius 2 is 2.22 bits per heavy atom. The van der Waals surface area contributed by atoms with Crippen LogP contribution >= 0.6 is 10.7 Å². The van der Waals surface area contributed by atoms with Crippen LogP contribution in [-0.4, -0.2) is 38.7 Å². The molecular weight excluding hydrogens is 280 g/mol. The topological polar surface area (TPSA) is 77.4 Å². The third-order valence-corrected chi connectivity index (χ3v) is 3.61. The molecule has 0 fully saturated rings. The van der Waals surface area contributed by atoms with E-state index in [2.05, 4.69) is 5.32 Å². The van der Waals surface area contributed by atoms with Crippen LogP contribution in [0.1, 0.15) is 17.4 Å². The lowest BCUT2D eigenvalue weighted by Gasteiger charge is -2.12. The number of halogens is 1. The molecule has 1 atom stereocenters. The van der Waals surface area contributed by atoms with Crippen molar-refractivity contribution < 1.29 is 17.9 Å². The molecule has 0 radical (unpaired) electrons. The first-order valence-corrected chi connectivity index (χ1v) is 7.47. The maximum atomic E-state index is 11.9. The quantitative estimate of drug-likeness (QED) is 0.812. The van der Waals surface area contributed by atoms with Crippen molar-refractivity contribution in [2.24, 2.45) is 7.05 Å². The molecule has 1 N–H and O–H groups in total. The summed E-state index contributed by atoms with van der Waals surface area (Å²) < 4.78 is 28.6. The van der Waals surface area contributed by atoms with Crippen molar-refractivity contribution in [3.63, 3.8) is 0 Å². The van der Waals surface area contributed by atoms with Crippen molar-refractivity contribution in [2.75, 3.05) is 13.7 Å². The largest absolute Gasteiger partial charge is 0.383 e. The highest BCUT2D eigenvalue weighted by atomic mass is 35.7. The molecule has 0 aliphatic carbocycles. The van der Waals surface area contributed by atoms with Gasteiger partial charge in [-0.25, -0.2) is 8.42 Å². The Labute approximate surface area is 110 Å². The Balaban J connectivity index is 2.91. The van der Waals surface area contributed by atoms with Crippen molar-refractivity contribution in [3.8, 4) is 0 Å². The van der Waals surface area contributed by atoms with Gasteiger partial charge in [0, 0.05) is 37.1 Å². The molecule has 6 nitrogen and oxygen atoms in total. The van der Waals surface area contributed by atoms with Crippen LogP contribution in [-0.2, 0) is 20.8 Å². The lowest BCUT2D eigenvalue weighted by atomic mass is 10.3. The van der Waals surface area contributed by atoms with Gasteiger partial charge < -0.3 is 14.6 Å². The van der Waals surface area contributed by atoms with Crippen molar-refractivity contribution in [3.05, 3.63) is 18.0 Å². The highest BCUT2D eigenvalue weighted by molar-refractivity contribution is 8.13. The first-order chi connectivity index (χ1) is 8.25. The summed E-state index contributed by atoms with van der Waals surface area (Å²) in [5.74, 6) is -0.381. The minimum Gasteiger partial charge on any atom is -0.383 e. The average molecular weight is 295 g/mol. The zero-order valence-electron chi connectivity index (χ0n) is 10.3. The number of amides is 1. The first kappa shape index (κ1) is 15.0. The molecule has 0 bridgehead atoms. The first-order valence-electron chi connectivity index (χ1n) is 5.16. The standard InChI is InChI=1S/C10H15ClN2O4S/c1-7(6-17-3)12-10(14)9-4-8(5-13(9)2)18(11,15)16/h4-5,7H,6H2,1-3H3,(H,12,14). The SMILES string of the molecule is COCC(C)NC(=O)c1cc(S(=O)(=O)Cl)cn1C. The number of aryl methyl sites for hydroxylation is 1. The van der Waals surface area contributed by atoms with E-state index < -0.39 is 9.05 Å². The zero-order chi connectivity index (χ0) is 13.9. The van der Waals surface area contributed by atoms with Gasteiger partial charge in [-0.1, -0.05) is 0 Å². The molecule has 1 rings (SSSR count). The molecule has 1 aromatic heterocycles. The molecule has 1 amide bonds. The van der Waals surface area contributed by atoms with E-state index in [0.29, 0.717) is 6.61 Å². The summed E-state index contributed by atoms with van der Waals surface area (Å²) in [6, 6.07) is 1.06. The second-order valence-electron chi connectivity index (χ2n) is 3.94. The minimum absolute atomic E-state index is 0.101. The molecule has 0 spiro atoms. The second kappa shape index (κ2) is 5.73. The predicted octanol–water partition coefficient (Wildman–Crippen LogP) is 0.717. The van der Waals surface area contributed by atoms with Crippen LogP contribution in [0.2, 0.25) is 0 Å². The highest BCUT2D eigenvalue weighted by Crippen LogP contribution is 2.17. The van der Waals surface area contributed by atoms with E-state index in [9.17, 15) is 13.2 Å². The van der Waals surface area contributed by atoms with E-state index in [-0.39, 0.29) is 22.5 Å². The number of hydrogen-bond acceptors (Lipinski definition) is 4. The van der Waals surface area contributed by atoms with Gasteiger partial charge in [0.1, 0.15) is 10.6 Å². The van der Waals surface area contributed by atoms with Gasteiger partial charge >= 0.3 is 0 Å². The molecule has 1 unspecified atom stereocenters.